The molecule has 1 aliphatic carbocycles. The van der Waals surface area contributed by atoms with Crippen molar-refractivity contribution in [2.75, 3.05) is 6.61 Å². The Hall–Kier alpha value is -0.0400. The average Bonchev–Trinajstić information content (AvgIpc) is 2.25. The van der Waals surface area contributed by atoms with Crippen LogP contribution >= 0.6 is 0 Å². The highest BCUT2D eigenvalue weighted by Crippen LogP contribution is 2.22. The molecule has 0 amide bonds. The van der Waals surface area contributed by atoms with Crippen LogP contribution in [0.3, 0.4) is 0 Å². The van der Waals surface area contributed by atoms with Crippen molar-refractivity contribution in [1.29, 1.82) is 0 Å². The van der Waals surface area contributed by atoms with Gasteiger partial charge in [0, 0.05) is 6.61 Å². The van der Waals surface area contributed by atoms with E-state index in [1.165, 1.54) is 32.1 Å². The Balaban J connectivity index is 0. The fourth-order valence-electron chi connectivity index (χ4n) is 1.37. The molecule has 1 saturated carbocycles. The second-order valence-corrected chi connectivity index (χ2v) is 2.69. The van der Waals surface area contributed by atoms with Crippen molar-refractivity contribution in [3.05, 3.63) is 0 Å². The average molecular weight is 174 g/mol. The topological polar surface area (TPSA) is 20.2 Å². The summed E-state index contributed by atoms with van der Waals surface area (Å²) in [5, 5.41) is 8.69. The van der Waals surface area contributed by atoms with E-state index < -0.39 is 0 Å². The van der Waals surface area contributed by atoms with Crippen molar-refractivity contribution in [3.8, 4) is 0 Å². The van der Waals surface area contributed by atoms with Crippen molar-refractivity contribution in [2.24, 2.45) is 5.92 Å². The summed E-state index contributed by atoms with van der Waals surface area (Å²) in [7, 11) is 0. The van der Waals surface area contributed by atoms with Gasteiger partial charge in [-0.3, -0.25) is 0 Å². The van der Waals surface area contributed by atoms with Crippen LogP contribution in [0.2, 0.25) is 0 Å². The second-order valence-electron chi connectivity index (χ2n) is 2.69. The van der Waals surface area contributed by atoms with Crippen molar-refractivity contribution < 1.29 is 5.11 Å². The molecule has 1 fully saturated rings. The lowest BCUT2D eigenvalue weighted by molar-refractivity contribution is 0.190. The molecule has 0 spiro atoms. The molecule has 1 nitrogen and oxygen atoms in total. The van der Waals surface area contributed by atoms with Crippen LogP contribution < -0.4 is 0 Å². The molecule has 1 N–H and O–H groups in total. The molecular formula is C11H26O. The summed E-state index contributed by atoms with van der Waals surface area (Å²) >= 11 is 0. The van der Waals surface area contributed by atoms with E-state index in [0.717, 1.165) is 0 Å². The number of hydrogen-bond acceptors (Lipinski definition) is 1. The van der Waals surface area contributed by atoms with Gasteiger partial charge in [0.2, 0.25) is 0 Å². The van der Waals surface area contributed by atoms with Crippen molar-refractivity contribution in [1.82, 2.24) is 0 Å². The summed E-state index contributed by atoms with van der Waals surface area (Å²) in [4.78, 5) is 0. The van der Waals surface area contributed by atoms with Crippen LogP contribution in [0, 0.1) is 5.92 Å². The molecular weight excluding hydrogens is 148 g/mol. The normalized spacial score (nSPS) is 16.8. The molecule has 0 saturated heterocycles. The first-order valence-corrected chi connectivity index (χ1v) is 5.54. The van der Waals surface area contributed by atoms with Crippen LogP contribution in [-0.2, 0) is 0 Å². The SMILES string of the molecule is CC.CC.OCC1CCCCC1. The van der Waals surface area contributed by atoms with Crippen molar-refractivity contribution in [3.63, 3.8) is 0 Å². The first-order valence-electron chi connectivity index (χ1n) is 5.54. The molecule has 0 aliphatic heterocycles. The molecule has 0 atom stereocenters. The predicted octanol–water partition coefficient (Wildman–Crippen LogP) is 3.61. The molecule has 0 unspecified atom stereocenters. The number of aliphatic hydroxyl groups excluding tert-OH is 1. The second kappa shape index (κ2) is 13.5. The lowest BCUT2D eigenvalue weighted by atomic mass is 9.90. The third-order valence-corrected chi connectivity index (χ3v) is 1.98. The summed E-state index contributed by atoms with van der Waals surface area (Å²) < 4.78 is 0. The smallest absolute Gasteiger partial charge is 0.0459 e. The quantitative estimate of drug-likeness (QED) is 0.644. The van der Waals surface area contributed by atoms with E-state index in [1.807, 2.05) is 27.7 Å². The Kier molecular flexibility index (Phi) is 16.3. The van der Waals surface area contributed by atoms with Gasteiger partial charge in [0.05, 0.1) is 0 Å². The summed E-state index contributed by atoms with van der Waals surface area (Å²) in [6.07, 6.45) is 6.58. The van der Waals surface area contributed by atoms with E-state index in [9.17, 15) is 0 Å². The first-order chi connectivity index (χ1) is 5.93. The fraction of sp³-hybridized carbons (Fsp3) is 1.00. The summed E-state index contributed by atoms with van der Waals surface area (Å²) in [6.45, 7) is 8.42. The maximum atomic E-state index is 8.69. The summed E-state index contributed by atoms with van der Waals surface area (Å²) in [5.41, 5.74) is 0. The zero-order valence-electron chi connectivity index (χ0n) is 9.27. The Bertz CT molecular complexity index is 56.0. The van der Waals surface area contributed by atoms with Gasteiger partial charge in [-0.05, 0) is 18.8 Å². The highest BCUT2D eigenvalue weighted by atomic mass is 16.3. The zero-order valence-corrected chi connectivity index (χ0v) is 9.27. The van der Waals surface area contributed by atoms with E-state index in [-0.39, 0.29) is 0 Å². The fourth-order valence-corrected chi connectivity index (χ4v) is 1.37. The minimum atomic E-state index is 0.417. The zero-order chi connectivity index (χ0) is 9.82. The Morgan fingerprint density at radius 2 is 1.33 bits per heavy atom. The molecule has 76 valence electrons. The highest BCUT2D eigenvalue weighted by Gasteiger charge is 2.10. The molecule has 0 aromatic heterocycles. The standard InChI is InChI=1S/C7H14O.2C2H6/c8-6-7-4-2-1-3-5-7;2*1-2/h7-8H,1-6H2;2*1-2H3. The highest BCUT2D eigenvalue weighted by molar-refractivity contribution is 4.63. The molecule has 0 radical (unpaired) electrons. The van der Waals surface area contributed by atoms with Crippen molar-refractivity contribution in [2.45, 2.75) is 59.8 Å². The molecule has 12 heavy (non-hydrogen) atoms. The van der Waals surface area contributed by atoms with Crippen LogP contribution in [0.1, 0.15) is 59.8 Å². The third kappa shape index (κ3) is 8.06. The Morgan fingerprint density at radius 3 is 1.58 bits per heavy atom. The molecule has 1 aliphatic rings. The molecule has 0 bridgehead atoms. The molecule has 1 heteroatoms. The molecule has 1 rings (SSSR count). The maximum absolute atomic E-state index is 8.69. The summed E-state index contributed by atoms with van der Waals surface area (Å²) in [5.74, 6) is 0.642. The lowest BCUT2D eigenvalue weighted by Gasteiger charge is -2.18. The van der Waals surface area contributed by atoms with E-state index in [0.29, 0.717) is 12.5 Å². The van der Waals surface area contributed by atoms with Crippen LogP contribution in [0.15, 0.2) is 0 Å². The van der Waals surface area contributed by atoms with Crippen LogP contribution in [-0.4, -0.2) is 11.7 Å². The van der Waals surface area contributed by atoms with Crippen LogP contribution in [0.25, 0.3) is 0 Å². The van der Waals surface area contributed by atoms with Gasteiger partial charge in [-0.25, -0.2) is 0 Å². The Morgan fingerprint density at radius 1 is 0.917 bits per heavy atom. The largest absolute Gasteiger partial charge is 0.396 e. The van der Waals surface area contributed by atoms with Gasteiger partial charge < -0.3 is 5.11 Å². The van der Waals surface area contributed by atoms with E-state index in [2.05, 4.69) is 0 Å². The summed E-state index contributed by atoms with van der Waals surface area (Å²) in [6, 6.07) is 0. The van der Waals surface area contributed by atoms with Gasteiger partial charge in [0.1, 0.15) is 0 Å². The molecule has 0 aromatic carbocycles. The van der Waals surface area contributed by atoms with E-state index in [4.69, 9.17) is 5.11 Å². The minimum absolute atomic E-state index is 0.417. The molecule has 0 aromatic rings. The number of rotatable bonds is 1. The lowest BCUT2D eigenvalue weighted by Crippen LogP contribution is -2.09. The molecule has 0 heterocycles. The minimum Gasteiger partial charge on any atom is -0.396 e. The van der Waals surface area contributed by atoms with Gasteiger partial charge in [-0.2, -0.15) is 0 Å². The first kappa shape index (κ1) is 14.5. The van der Waals surface area contributed by atoms with E-state index >= 15 is 0 Å². The van der Waals surface area contributed by atoms with Crippen molar-refractivity contribution >= 4 is 0 Å². The van der Waals surface area contributed by atoms with Gasteiger partial charge in [-0.15, -0.1) is 0 Å². The monoisotopic (exact) mass is 174 g/mol. The van der Waals surface area contributed by atoms with Crippen LogP contribution in [0.4, 0.5) is 0 Å². The van der Waals surface area contributed by atoms with Gasteiger partial charge in [-0.1, -0.05) is 47.0 Å². The third-order valence-electron chi connectivity index (χ3n) is 1.98. The van der Waals surface area contributed by atoms with Gasteiger partial charge in [0.25, 0.3) is 0 Å². The van der Waals surface area contributed by atoms with Crippen LogP contribution in [0.5, 0.6) is 0 Å². The van der Waals surface area contributed by atoms with E-state index in [1.54, 1.807) is 0 Å². The number of hydrogen-bond donors (Lipinski definition) is 1. The Labute approximate surface area is 78.2 Å². The van der Waals surface area contributed by atoms with Gasteiger partial charge >= 0.3 is 0 Å². The predicted molar refractivity (Wildman–Crippen MR) is 56.4 cm³/mol. The maximum Gasteiger partial charge on any atom is 0.0459 e. The van der Waals surface area contributed by atoms with Gasteiger partial charge in [0.15, 0.2) is 0 Å². The number of aliphatic hydroxyl groups is 1.